The molecule has 0 saturated heterocycles. The third-order valence-corrected chi connectivity index (χ3v) is 3.13. The highest BCUT2D eigenvalue weighted by Gasteiger charge is 2.11. The fraction of sp³-hybridized carbons (Fsp3) is 0.0667. The lowest BCUT2D eigenvalue weighted by Crippen LogP contribution is -2.21. The van der Waals surface area contributed by atoms with E-state index in [0.29, 0.717) is 5.69 Å². The van der Waals surface area contributed by atoms with Crippen molar-refractivity contribution in [2.45, 2.75) is 6.42 Å². The minimum Gasteiger partial charge on any atom is -0.326 e. The molecule has 21 heavy (non-hydrogen) atoms. The maximum Gasteiger partial charge on any atom is 0.233 e. The molecule has 0 bridgehead atoms. The molecule has 6 heteroatoms. The SMILES string of the molecule is O=C(CC(=O)Nc1ccccc1F)Nc1ccc(Br)cc1. The molecule has 2 rings (SSSR count). The van der Waals surface area contributed by atoms with Crippen molar-refractivity contribution in [3.63, 3.8) is 0 Å². The van der Waals surface area contributed by atoms with Crippen LogP contribution >= 0.6 is 15.9 Å². The number of hydrogen-bond donors (Lipinski definition) is 2. The summed E-state index contributed by atoms with van der Waals surface area (Å²) in [5, 5.41) is 4.94. The first-order valence-corrected chi connectivity index (χ1v) is 6.94. The smallest absolute Gasteiger partial charge is 0.233 e. The van der Waals surface area contributed by atoms with Crippen LogP contribution in [0.2, 0.25) is 0 Å². The van der Waals surface area contributed by atoms with E-state index < -0.39 is 17.6 Å². The zero-order valence-electron chi connectivity index (χ0n) is 10.9. The highest BCUT2D eigenvalue weighted by Crippen LogP contribution is 2.15. The first-order chi connectivity index (χ1) is 10.0. The predicted octanol–water partition coefficient (Wildman–Crippen LogP) is 3.56. The topological polar surface area (TPSA) is 58.2 Å². The molecule has 0 spiro atoms. The average molecular weight is 351 g/mol. The van der Waals surface area contributed by atoms with Gasteiger partial charge in [0, 0.05) is 10.2 Å². The summed E-state index contributed by atoms with van der Waals surface area (Å²) in [6.45, 7) is 0. The lowest BCUT2D eigenvalue weighted by atomic mass is 10.2. The van der Waals surface area contributed by atoms with Crippen LogP contribution in [0.4, 0.5) is 15.8 Å². The highest BCUT2D eigenvalue weighted by atomic mass is 79.9. The number of halogens is 2. The van der Waals surface area contributed by atoms with Crippen LogP contribution in [-0.4, -0.2) is 11.8 Å². The molecule has 0 fully saturated rings. The van der Waals surface area contributed by atoms with E-state index in [9.17, 15) is 14.0 Å². The second-order valence-electron chi connectivity index (χ2n) is 4.26. The summed E-state index contributed by atoms with van der Waals surface area (Å²) >= 11 is 3.28. The van der Waals surface area contributed by atoms with Crippen molar-refractivity contribution in [1.82, 2.24) is 0 Å². The van der Waals surface area contributed by atoms with Crippen LogP contribution in [-0.2, 0) is 9.59 Å². The number of hydrogen-bond acceptors (Lipinski definition) is 2. The Balaban J connectivity index is 1.89. The minimum atomic E-state index is -0.574. The number of anilines is 2. The van der Waals surface area contributed by atoms with E-state index >= 15 is 0 Å². The van der Waals surface area contributed by atoms with Gasteiger partial charge in [0.1, 0.15) is 12.2 Å². The molecule has 2 aromatic rings. The van der Waals surface area contributed by atoms with Crippen LogP contribution in [0.3, 0.4) is 0 Å². The molecule has 0 unspecified atom stereocenters. The Morgan fingerprint density at radius 2 is 1.57 bits per heavy atom. The largest absolute Gasteiger partial charge is 0.326 e. The van der Waals surface area contributed by atoms with Crippen LogP contribution in [0.5, 0.6) is 0 Å². The van der Waals surface area contributed by atoms with Gasteiger partial charge < -0.3 is 10.6 Å². The zero-order valence-corrected chi connectivity index (χ0v) is 12.5. The van der Waals surface area contributed by atoms with Gasteiger partial charge in [0.25, 0.3) is 0 Å². The Kier molecular flexibility index (Phi) is 5.05. The normalized spacial score (nSPS) is 10.0. The molecular weight excluding hydrogens is 339 g/mol. The number of nitrogens with one attached hydrogen (secondary N) is 2. The lowest BCUT2D eigenvalue weighted by Gasteiger charge is -2.07. The zero-order chi connectivity index (χ0) is 15.2. The Morgan fingerprint density at radius 1 is 0.952 bits per heavy atom. The molecule has 0 aromatic heterocycles. The van der Waals surface area contributed by atoms with Crippen molar-refractivity contribution in [1.29, 1.82) is 0 Å². The first-order valence-electron chi connectivity index (χ1n) is 6.14. The molecular formula is C15H12BrFN2O2. The molecule has 0 heterocycles. The van der Waals surface area contributed by atoms with Gasteiger partial charge in [0.15, 0.2) is 0 Å². The average Bonchev–Trinajstić information content (AvgIpc) is 2.44. The number of carbonyl (C=O) groups excluding carboxylic acids is 2. The summed E-state index contributed by atoms with van der Waals surface area (Å²) in [5.41, 5.74) is 0.640. The Hall–Kier alpha value is -2.21. The number of amides is 2. The van der Waals surface area contributed by atoms with E-state index in [1.807, 2.05) is 0 Å². The molecule has 0 aliphatic heterocycles. The lowest BCUT2D eigenvalue weighted by molar-refractivity contribution is -0.123. The molecule has 0 aliphatic rings. The fourth-order valence-electron chi connectivity index (χ4n) is 1.64. The maximum absolute atomic E-state index is 13.4. The predicted molar refractivity (Wildman–Crippen MR) is 82.4 cm³/mol. The van der Waals surface area contributed by atoms with Crippen molar-refractivity contribution >= 4 is 39.1 Å². The van der Waals surface area contributed by atoms with Crippen LogP contribution in [0, 0.1) is 5.82 Å². The summed E-state index contributed by atoms with van der Waals surface area (Å²) in [4.78, 5) is 23.4. The van der Waals surface area contributed by atoms with Crippen LogP contribution in [0.1, 0.15) is 6.42 Å². The second-order valence-corrected chi connectivity index (χ2v) is 5.18. The van der Waals surface area contributed by atoms with Gasteiger partial charge in [-0.2, -0.15) is 0 Å². The van der Waals surface area contributed by atoms with E-state index in [2.05, 4.69) is 26.6 Å². The molecule has 2 amide bonds. The number of benzene rings is 2. The summed E-state index contributed by atoms with van der Waals surface area (Å²) < 4.78 is 14.2. The van der Waals surface area contributed by atoms with Crippen molar-refractivity contribution in [3.8, 4) is 0 Å². The standard InChI is InChI=1S/C15H12BrFN2O2/c16-10-5-7-11(8-6-10)18-14(20)9-15(21)19-13-4-2-1-3-12(13)17/h1-8H,9H2,(H,18,20)(H,19,21). The Labute approximate surface area is 129 Å². The summed E-state index contributed by atoms with van der Waals surface area (Å²) in [6.07, 6.45) is -0.385. The molecule has 0 atom stereocenters. The van der Waals surface area contributed by atoms with Crippen LogP contribution in [0.15, 0.2) is 53.0 Å². The molecule has 0 radical (unpaired) electrons. The number of para-hydroxylation sites is 1. The summed E-state index contributed by atoms with van der Waals surface area (Å²) in [5.74, 6) is -1.58. The van der Waals surface area contributed by atoms with E-state index in [4.69, 9.17) is 0 Å². The summed E-state index contributed by atoms with van der Waals surface area (Å²) in [6, 6.07) is 12.7. The monoisotopic (exact) mass is 350 g/mol. The third-order valence-electron chi connectivity index (χ3n) is 2.60. The van der Waals surface area contributed by atoms with Gasteiger partial charge in [-0.15, -0.1) is 0 Å². The molecule has 108 valence electrons. The Morgan fingerprint density at radius 3 is 2.24 bits per heavy atom. The molecule has 0 aliphatic carbocycles. The maximum atomic E-state index is 13.4. The van der Waals surface area contributed by atoms with Gasteiger partial charge in [0.05, 0.1) is 5.69 Å². The van der Waals surface area contributed by atoms with Crippen molar-refractivity contribution in [3.05, 3.63) is 58.8 Å². The van der Waals surface area contributed by atoms with Gasteiger partial charge in [-0.1, -0.05) is 28.1 Å². The van der Waals surface area contributed by atoms with Crippen molar-refractivity contribution in [2.24, 2.45) is 0 Å². The number of rotatable bonds is 4. The van der Waals surface area contributed by atoms with Gasteiger partial charge >= 0.3 is 0 Å². The van der Waals surface area contributed by atoms with Crippen LogP contribution < -0.4 is 10.6 Å². The fourth-order valence-corrected chi connectivity index (χ4v) is 1.91. The van der Waals surface area contributed by atoms with Crippen molar-refractivity contribution < 1.29 is 14.0 Å². The molecule has 2 N–H and O–H groups in total. The molecule has 2 aromatic carbocycles. The second kappa shape index (κ2) is 6.99. The van der Waals surface area contributed by atoms with E-state index in [1.165, 1.54) is 18.2 Å². The molecule has 0 saturated carbocycles. The summed E-state index contributed by atoms with van der Waals surface area (Å²) in [7, 11) is 0. The van der Waals surface area contributed by atoms with Gasteiger partial charge in [-0.05, 0) is 36.4 Å². The van der Waals surface area contributed by atoms with Crippen molar-refractivity contribution in [2.75, 3.05) is 10.6 Å². The van der Waals surface area contributed by atoms with Gasteiger partial charge in [-0.25, -0.2) is 4.39 Å². The van der Waals surface area contributed by atoms with E-state index in [1.54, 1.807) is 30.3 Å². The van der Waals surface area contributed by atoms with Gasteiger partial charge in [0.2, 0.25) is 11.8 Å². The van der Waals surface area contributed by atoms with E-state index in [0.717, 1.165) is 4.47 Å². The quantitative estimate of drug-likeness (QED) is 0.828. The molecule has 4 nitrogen and oxygen atoms in total. The minimum absolute atomic E-state index is 0.0546. The Bertz CT molecular complexity index is 659. The van der Waals surface area contributed by atoms with E-state index in [-0.39, 0.29) is 12.1 Å². The van der Waals surface area contributed by atoms with Crippen LogP contribution in [0.25, 0.3) is 0 Å². The first kappa shape index (κ1) is 15.2. The third kappa shape index (κ3) is 4.68. The highest BCUT2D eigenvalue weighted by molar-refractivity contribution is 9.10. The number of carbonyl (C=O) groups is 2. The van der Waals surface area contributed by atoms with Gasteiger partial charge in [-0.3, -0.25) is 9.59 Å².